The molecule has 0 bridgehead atoms. The molecular weight excluding hydrogens is 360 g/mol. The SMILES string of the molecule is CCC(O)(/C=C/C=C(\C)c1cccc(C#Cc2ccc(CO)c(CO)c2)c1)CC. The van der Waals surface area contributed by atoms with Gasteiger partial charge in [-0.1, -0.05) is 62.1 Å². The van der Waals surface area contributed by atoms with Crippen molar-refractivity contribution in [3.05, 3.63) is 88.5 Å². The summed E-state index contributed by atoms with van der Waals surface area (Å²) in [5, 5.41) is 29.1. The van der Waals surface area contributed by atoms with Crippen LogP contribution in [0.3, 0.4) is 0 Å². The maximum Gasteiger partial charge on any atom is 0.0825 e. The Morgan fingerprint density at radius 2 is 1.59 bits per heavy atom. The summed E-state index contributed by atoms with van der Waals surface area (Å²) in [6, 6.07) is 13.5. The van der Waals surface area contributed by atoms with Crippen molar-refractivity contribution < 1.29 is 15.3 Å². The zero-order valence-electron chi connectivity index (χ0n) is 17.4. The molecule has 0 saturated carbocycles. The molecule has 29 heavy (non-hydrogen) atoms. The molecule has 2 aromatic carbocycles. The maximum atomic E-state index is 10.3. The minimum atomic E-state index is -0.747. The number of rotatable bonds is 7. The van der Waals surface area contributed by atoms with Crippen LogP contribution in [0.15, 0.2) is 60.7 Å². The molecule has 0 saturated heterocycles. The van der Waals surface area contributed by atoms with Gasteiger partial charge in [0, 0.05) is 11.1 Å². The fraction of sp³-hybridized carbons (Fsp3) is 0.308. The summed E-state index contributed by atoms with van der Waals surface area (Å²) in [5.74, 6) is 6.29. The highest BCUT2D eigenvalue weighted by atomic mass is 16.3. The first-order valence-corrected chi connectivity index (χ1v) is 9.99. The van der Waals surface area contributed by atoms with E-state index in [9.17, 15) is 15.3 Å². The van der Waals surface area contributed by atoms with Gasteiger partial charge in [0.05, 0.1) is 18.8 Å². The van der Waals surface area contributed by atoms with Gasteiger partial charge in [0.25, 0.3) is 0 Å². The van der Waals surface area contributed by atoms with Crippen LogP contribution in [-0.4, -0.2) is 20.9 Å². The van der Waals surface area contributed by atoms with Crippen LogP contribution in [0.2, 0.25) is 0 Å². The van der Waals surface area contributed by atoms with Crippen molar-refractivity contribution in [2.24, 2.45) is 0 Å². The fourth-order valence-electron chi connectivity index (χ4n) is 2.95. The van der Waals surface area contributed by atoms with Crippen molar-refractivity contribution in [1.82, 2.24) is 0 Å². The Bertz CT molecular complexity index is 938. The van der Waals surface area contributed by atoms with E-state index in [0.717, 1.165) is 22.3 Å². The first-order valence-electron chi connectivity index (χ1n) is 9.99. The van der Waals surface area contributed by atoms with E-state index in [1.54, 1.807) is 12.1 Å². The molecule has 3 nitrogen and oxygen atoms in total. The fourth-order valence-corrected chi connectivity index (χ4v) is 2.95. The predicted octanol–water partition coefficient (Wildman–Crippen LogP) is 4.58. The van der Waals surface area contributed by atoms with Gasteiger partial charge in [0.2, 0.25) is 0 Å². The lowest BCUT2D eigenvalue weighted by Gasteiger charge is -2.19. The van der Waals surface area contributed by atoms with E-state index in [0.29, 0.717) is 24.0 Å². The molecule has 0 atom stereocenters. The third kappa shape index (κ3) is 6.44. The van der Waals surface area contributed by atoms with Crippen molar-refractivity contribution in [1.29, 1.82) is 0 Å². The molecule has 2 aromatic rings. The highest BCUT2D eigenvalue weighted by Gasteiger charge is 2.16. The maximum absolute atomic E-state index is 10.3. The number of aliphatic hydroxyl groups is 3. The van der Waals surface area contributed by atoms with Gasteiger partial charge in [-0.2, -0.15) is 0 Å². The summed E-state index contributed by atoms with van der Waals surface area (Å²) in [5.41, 5.74) is 4.52. The van der Waals surface area contributed by atoms with E-state index in [1.807, 2.05) is 69.3 Å². The molecule has 0 aliphatic carbocycles. The Morgan fingerprint density at radius 3 is 2.21 bits per heavy atom. The lowest BCUT2D eigenvalue weighted by molar-refractivity contribution is 0.0828. The van der Waals surface area contributed by atoms with Gasteiger partial charge in [-0.15, -0.1) is 0 Å². The molecule has 0 aromatic heterocycles. The highest BCUT2D eigenvalue weighted by molar-refractivity contribution is 5.66. The van der Waals surface area contributed by atoms with Crippen molar-refractivity contribution in [3.63, 3.8) is 0 Å². The predicted molar refractivity (Wildman–Crippen MR) is 119 cm³/mol. The van der Waals surface area contributed by atoms with Crippen molar-refractivity contribution >= 4 is 5.57 Å². The smallest absolute Gasteiger partial charge is 0.0825 e. The lowest BCUT2D eigenvalue weighted by atomic mass is 9.96. The first kappa shape index (κ1) is 22.6. The second kappa shape index (κ2) is 10.8. The molecule has 2 rings (SSSR count). The largest absolute Gasteiger partial charge is 0.392 e. The van der Waals surface area contributed by atoms with Gasteiger partial charge >= 0.3 is 0 Å². The van der Waals surface area contributed by atoms with Gasteiger partial charge in [-0.3, -0.25) is 0 Å². The van der Waals surface area contributed by atoms with Crippen molar-refractivity contribution in [3.8, 4) is 11.8 Å². The zero-order chi connectivity index (χ0) is 21.3. The van der Waals surface area contributed by atoms with Gasteiger partial charge in [-0.25, -0.2) is 0 Å². The third-order valence-corrected chi connectivity index (χ3v) is 5.19. The molecule has 3 heteroatoms. The quantitative estimate of drug-likeness (QED) is 0.479. The van der Waals surface area contributed by atoms with E-state index >= 15 is 0 Å². The molecule has 0 aliphatic heterocycles. The third-order valence-electron chi connectivity index (χ3n) is 5.19. The molecule has 0 radical (unpaired) electrons. The Kier molecular flexibility index (Phi) is 8.42. The van der Waals surface area contributed by atoms with Crippen LogP contribution in [0.1, 0.15) is 61.4 Å². The highest BCUT2D eigenvalue weighted by Crippen LogP contribution is 2.19. The van der Waals surface area contributed by atoms with E-state index < -0.39 is 5.60 Å². The van der Waals surface area contributed by atoms with Crippen LogP contribution in [0.4, 0.5) is 0 Å². The molecule has 152 valence electrons. The van der Waals surface area contributed by atoms with Gasteiger partial charge in [0.1, 0.15) is 0 Å². The zero-order valence-corrected chi connectivity index (χ0v) is 17.4. The Balaban J connectivity index is 2.21. The van der Waals surface area contributed by atoms with E-state index in [-0.39, 0.29) is 13.2 Å². The molecule has 0 aliphatic rings. The number of aliphatic hydroxyl groups excluding tert-OH is 2. The summed E-state index contributed by atoms with van der Waals surface area (Å²) in [4.78, 5) is 0. The Labute approximate surface area is 174 Å². The van der Waals surface area contributed by atoms with Crippen molar-refractivity contribution in [2.75, 3.05) is 0 Å². The average Bonchev–Trinajstić information content (AvgIpc) is 2.77. The van der Waals surface area contributed by atoms with Crippen molar-refractivity contribution in [2.45, 2.75) is 52.4 Å². The van der Waals surface area contributed by atoms with Gasteiger partial charge in [0.15, 0.2) is 0 Å². The number of allylic oxidation sites excluding steroid dienone is 3. The summed E-state index contributed by atoms with van der Waals surface area (Å²) >= 11 is 0. The summed E-state index contributed by atoms with van der Waals surface area (Å²) < 4.78 is 0. The normalized spacial score (nSPS) is 12.1. The second-order valence-corrected chi connectivity index (χ2v) is 7.15. The number of hydrogen-bond acceptors (Lipinski definition) is 3. The van der Waals surface area contributed by atoms with Crippen LogP contribution in [0.5, 0.6) is 0 Å². The lowest BCUT2D eigenvalue weighted by Crippen LogP contribution is -2.22. The standard InChI is InChI=1S/C26H30O3/c1-4-26(29,5-2)15-7-8-20(3)23-10-6-9-21(16-23)11-12-22-13-14-24(18-27)25(17-22)19-28/h6-10,13-17,27-29H,4-5,18-19H2,1-3H3/b15-7+,20-8+. The van der Waals surface area contributed by atoms with Gasteiger partial charge < -0.3 is 15.3 Å². The number of benzene rings is 2. The first-order chi connectivity index (χ1) is 13.9. The Morgan fingerprint density at radius 1 is 0.931 bits per heavy atom. The molecule has 3 N–H and O–H groups in total. The summed E-state index contributed by atoms with van der Waals surface area (Å²) in [7, 11) is 0. The van der Waals surface area contributed by atoms with Crippen LogP contribution >= 0.6 is 0 Å². The summed E-state index contributed by atoms with van der Waals surface area (Å²) in [6.45, 7) is 5.78. The van der Waals surface area contributed by atoms with Crippen LogP contribution in [-0.2, 0) is 13.2 Å². The topological polar surface area (TPSA) is 60.7 Å². The monoisotopic (exact) mass is 390 g/mol. The van der Waals surface area contributed by atoms with E-state index in [4.69, 9.17) is 0 Å². The molecule has 0 heterocycles. The van der Waals surface area contributed by atoms with E-state index in [1.165, 1.54) is 0 Å². The van der Waals surface area contributed by atoms with E-state index in [2.05, 4.69) is 11.8 Å². The Hall–Kier alpha value is -2.64. The molecule has 0 unspecified atom stereocenters. The minimum Gasteiger partial charge on any atom is -0.392 e. The average molecular weight is 391 g/mol. The second-order valence-electron chi connectivity index (χ2n) is 7.15. The minimum absolute atomic E-state index is 0.0976. The molecule has 0 amide bonds. The van der Waals surface area contributed by atoms with Crippen LogP contribution in [0.25, 0.3) is 5.57 Å². The molecular formula is C26H30O3. The van der Waals surface area contributed by atoms with Crippen LogP contribution < -0.4 is 0 Å². The van der Waals surface area contributed by atoms with Gasteiger partial charge in [-0.05, 0) is 66.3 Å². The van der Waals surface area contributed by atoms with Crippen LogP contribution in [0, 0.1) is 11.8 Å². The molecule has 0 spiro atoms. The number of hydrogen-bond donors (Lipinski definition) is 3. The molecule has 0 fully saturated rings. The summed E-state index contributed by atoms with van der Waals surface area (Å²) in [6.07, 6.45) is 7.16.